The SMILES string of the molecule is CCCCCCCCCCCCCC(O)CCCC(=O)OCCCC. The number of esters is 1. The average molecular weight is 357 g/mol. The Bertz CT molecular complexity index is 278. The Morgan fingerprint density at radius 2 is 1.20 bits per heavy atom. The van der Waals surface area contributed by atoms with E-state index in [0.29, 0.717) is 13.0 Å². The number of ether oxygens (including phenoxy) is 1. The number of unbranched alkanes of at least 4 members (excludes halogenated alkanes) is 11. The summed E-state index contributed by atoms with van der Waals surface area (Å²) < 4.78 is 5.12. The fourth-order valence-corrected chi connectivity index (χ4v) is 3.07. The van der Waals surface area contributed by atoms with Gasteiger partial charge in [0.25, 0.3) is 0 Å². The average Bonchev–Trinajstić information content (AvgIpc) is 2.60. The standard InChI is InChI=1S/C22H44O3/c1-3-5-7-8-9-10-11-12-13-14-15-17-21(23)18-16-19-22(24)25-20-6-4-2/h21,23H,3-20H2,1-2H3. The van der Waals surface area contributed by atoms with E-state index >= 15 is 0 Å². The number of carbonyl (C=O) groups is 1. The van der Waals surface area contributed by atoms with Crippen molar-refractivity contribution in [3.63, 3.8) is 0 Å². The van der Waals surface area contributed by atoms with E-state index in [0.717, 1.165) is 38.5 Å². The molecule has 0 aromatic carbocycles. The Labute approximate surface area is 156 Å². The highest BCUT2D eigenvalue weighted by atomic mass is 16.5. The van der Waals surface area contributed by atoms with Crippen molar-refractivity contribution in [2.45, 2.75) is 129 Å². The Balaban J connectivity index is 3.25. The molecule has 1 N–H and O–H groups in total. The van der Waals surface area contributed by atoms with Crippen LogP contribution < -0.4 is 0 Å². The molecular weight excluding hydrogens is 312 g/mol. The predicted octanol–water partition coefficient (Wildman–Crippen LogP) is 6.56. The second-order valence-corrected chi connectivity index (χ2v) is 7.44. The molecule has 0 aliphatic carbocycles. The number of rotatable bonds is 19. The summed E-state index contributed by atoms with van der Waals surface area (Å²) in [5, 5.41) is 9.97. The maximum atomic E-state index is 11.5. The Hall–Kier alpha value is -0.570. The van der Waals surface area contributed by atoms with Crippen LogP contribution in [0.4, 0.5) is 0 Å². The Kier molecular flexibility index (Phi) is 19.3. The highest BCUT2D eigenvalue weighted by molar-refractivity contribution is 5.69. The normalized spacial score (nSPS) is 12.3. The first-order chi connectivity index (χ1) is 12.2. The third kappa shape index (κ3) is 19.6. The van der Waals surface area contributed by atoms with Gasteiger partial charge in [0, 0.05) is 6.42 Å². The van der Waals surface area contributed by atoms with Gasteiger partial charge in [0.05, 0.1) is 12.7 Å². The van der Waals surface area contributed by atoms with Gasteiger partial charge < -0.3 is 9.84 Å². The number of aliphatic hydroxyl groups excluding tert-OH is 1. The van der Waals surface area contributed by atoms with Crippen molar-refractivity contribution in [1.82, 2.24) is 0 Å². The van der Waals surface area contributed by atoms with Gasteiger partial charge in [0.2, 0.25) is 0 Å². The summed E-state index contributed by atoms with van der Waals surface area (Å²) in [7, 11) is 0. The van der Waals surface area contributed by atoms with Gasteiger partial charge in [-0.15, -0.1) is 0 Å². The van der Waals surface area contributed by atoms with Gasteiger partial charge in [0.1, 0.15) is 0 Å². The zero-order valence-corrected chi connectivity index (χ0v) is 17.1. The maximum absolute atomic E-state index is 11.5. The van der Waals surface area contributed by atoms with Crippen LogP contribution in [-0.4, -0.2) is 23.8 Å². The van der Waals surface area contributed by atoms with Crippen molar-refractivity contribution in [2.75, 3.05) is 6.61 Å². The minimum Gasteiger partial charge on any atom is -0.466 e. The molecule has 1 atom stereocenters. The lowest BCUT2D eigenvalue weighted by molar-refractivity contribution is -0.143. The van der Waals surface area contributed by atoms with E-state index in [1.54, 1.807) is 0 Å². The van der Waals surface area contributed by atoms with E-state index in [1.807, 2.05) is 0 Å². The van der Waals surface area contributed by atoms with Crippen LogP contribution in [0.5, 0.6) is 0 Å². The Morgan fingerprint density at radius 3 is 1.76 bits per heavy atom. The van der Waals surface area contributed by atoms with Crippen LogP contribution in [0.15, 0.2) is 0 Å². The van der Waals surface area contributed by atoms with Gasteiger partial charge in [-0.1, -0.05) is 90.9 Å². The van der Waals surface area contributed by atoms with Crippen molar-refractivity contribution in [1.29, 1.82) is 0 Å². The molecule has 0 fully saturated rings. The molecule has 0 amide bonds. The molecule has 0 spiro atoms. The molecule has 0 aliphatic heterocycles. The number of hydrogen-bond acceptors (Lipinski definition) is 3. The molecule has 150 valence electrons. The summed E-state index contributed by atoms with van der Waals surface area (Å²) in [5.41, 5.74) is 0. The van der Waals surface area contributed by atoms with Gasteiger partial charge in [-0.25, -0.2) is 0 Å². The van der Waals surface area contributed by atoms with E-state index in [2.05, 4.69) is 13.8 Å². The topological polar surface area (TPSA) is 46.5 Å². The molecule has 0 heterocycles. The monoisotopic (exact) mass is 356 g/mol. The maximum Gasteiger partial charge on any atom is 0.305 e. The minimum atomic E-state index is -0.248. The third-order valence-electron chi connectivity index (χ3n) is 4.82. The van der Waals surface area contributed by atoms with Crippen LogP contribution in [0.2, 0.25) is 0 Å². The highest BCUT2D eigenvalue weighted by Gasteiger charge is 2.07. The smallest absolute Gasteiger partial charge is 0.305 e. The van der Waals surface area contributed by atoms with Crippen LogP contribution in [0.1, 0.15) is 123 Å². The lowest BCUT2D eigenvalue weighted by Crippen LogP contribution is -2.10. The number of carbonyl (C=O) groups excluding carboxylic acids is 1. The molecule has 3 heteroatoms. The van der Waals surface area contributed by atoms with Crippen LogP contribution in [0.3, 0.4) is 0 Å². The molecule has 0 radical (unpaired) electrons. The zero-order chi connectivity index (χ0) is 18.6. The van der Waals surface area contributed by atoms with Crippen LogP contribution in [-0.2, 0) is 9.53 Å². The molecule has 0 aromatic heterocycles. The van der Waals surface area contributed by atoms with E-state index in [-0.39, 0.29) is 12.1 Å². The van der Waals surface area contributed by atoms with Gasteiger partial charge in [-0.3, -0.25) is 4.79 Å². The molecule has 0 aromatic rings. The third-order valence-corrected chi connectivity index (χ3v) is 4.82. The van der Waals surface area contributed by atoms with E-state index in [9.17, 15) is 9.90 Å². The Morgan fingerprint density at radius 1 is 0.720 bits per heavy atom. The number of hydrogen-bond donors (Lipinski definition) is 1. The predicted molar refractivity (Wildman–Crippen MR) is 107 cm³/mol. The second-order valence-electron chi connectivity index (χ2n) is 7.44. The van der Waals surface area contributed by atoms with E-state index in [1.165, 1.54) is 64.2 Å². The zero-order valence-electron chi connectivity index (χ0n) is 17.1. The summed E-state index contributed by atoms with van der Waals surface area (Å²) in [4.78, 5) is 11.5. The first-order valence-electron chi connectivity index (χ1n) is 11.0. The summed E-state index contributed by atoms with van der Waals surface area (Å²) in [6.45, 7) is 4.88. The first-order valence-corrected chi connectivity index (χ1v) is 11.0. The van der Waals surface area contributed by atoms with Crippen molar-refractivity contribution < 1.29 is 14.6 Å². The van der Waals surface area contributed by atoms with Crippen LogP contribution in [0.25, 0.3) is 0 Å². The van der Waals surface area contributed by atoms with Crippen molar-refractivity contribution in [3.8, 4) is 0 Å². The van der Waals surface area contributed by atoms with Gasteiger partial charge in [-0.2, -0.15) is 0 Å². The second kappa shape index (κ2) is 19.8. The fraction of sp³-hybridized carbons (Fsp3) is 0.955. The summed E-state index contributed by atoms with van der Waals surface area (Å²) in [6.07, 6.45) is 19.2. The molecule has 1 unspecified atom stereocenters. The molecule has 3 nitrogen and oxygen atoms in total. The van der Waals surface area contributed by atoms with Gasteiger partial charge >= 0.3 is 5.97 Å². The molecular formula is C22H44O3. The highest BCUT2D eigenvalue weighted by Crippen LogP contribution is 2.14. The molecule has 0 rings (SSSR count). The quantitative estimate of drug-likeness (QED) is 0.210. The molecule has 0 aliphatic rings. The minimum absolute atomic E-state index is 0.115. The van der Waals surface area contributed by atoms with Crippen molar-refractivity contribution in [3.05, 3.63) is 0 Å². The summed E-state index contributed by atoms with van der Waals surface area (Å²) in [6, 6.07) is 0. The lowest BCUT2D eigenvalue weighted by atomic mass is 10.0. The lowest BCUT2D eigenvalue weighted by Gasteiger charge is -2.10. The molecule has 0 saturated heterocycles. The van der Waals surface area contributed by atoms with E-state index in [4.69, 9.17) is 4.74 Å². The summed E-state index contributed by atoms with van der Waals surface area (Å²) >= 11 is 0. The molecule has 25 heavy (non-hydrogen) atoms. The van der Waals surface area contributed by atoms with Crippen molar-refractivity contribution >= 4 is 5.97 Å². The number of aliphatic hydroxyl groups is 1. The summed E-state index contributed by atoms with van der Waals surface area (Å²) in [5.74, 6) is -0.115. The van der Waals surface area contributed by atoms with Gasteiger partial charge in [-0.05, 0) is 25.7 Å². The molecule has 0 saturated carbocycles. The van der Waals surface area contributed by atoms with Gasteiger partial charge in [0.15, 0.2) is 0 Å². The van der Waals surface area contributed by atoms with Crippen molar-refractivity contribution in [2.24, 2.45) is 0 Å². The largest absolute Gasteiger partial charge is 0.466 e. The first kappa shape index (κ1) is 24.4. The van der Waals surface area contributed by atoms with Crippen LogP contribution in [0, 0.1) is 0 Å². The van der Waals surface area contributed by atoms with E-state index < -0.39 is 0 Å². The molecule has 0 bridgehead atoms. The van der Waals surface area contributed by atoms with Crippen LogP contribution >= 0.6 is 0 Å². The fourth-order valence-electron chi connectivity index (χ4n) is 3.07.